The van der Waals surface area contributed by atoms with E-state index in [1.807, 2.05) is 45.0 Å². The Morgan fingerprint density at radius 3 is 2.77 bits per heavy atom. The number of aromatic nitrogens is 2. The number of aliphatic imine (C=N–C) groups is 1. The first-order valence-electron chi connectivity index (χ1n) is 8.33. The summed E-state index contributed by atoms with van der Waals surface area (Å²) in [6.07, 6.45) is -0.190. The third kappa shape index (κ3) is 7.08. The van der Waals surface area contributed by atoms with Crippen LogP contribution >= 0.6 is 35.6 Å². The number of nitrogens with zero attached hydrogens (tertiary/aromatic N) is 3. The molecule has 0 aliphatic heterocycles. The van der Waals surface area contributed by atoms with Crippen molar-refractivity contribution in [3.8, 4) is 0 Å². The van der Waals surface area contributed by atoms with Crippen molar-refractivity contribution in [2.75, 3.05) is 13.2 Å². The second-order valence-corrected chi connectivity index (χ2v) is 5.69. The molecular weight excluding hydrogens is 469 g/mol. The molecule has 9 heteroatoms. The fourth-order valence-electron chi connectivity index (χ4n) is 2.12. The highest BCUT2D eigenvalue weighted by molar-refractivity contribution is 14.0. The molecule has 1 heterocycles. The first-order chi connectivity index (χ1) is 12.1. The van der Waals surface area contributed by atoms with E-state index >= 15 is 0 Å². The second-order valence-electron chi connectivity index (χ2n) is 5.28. The molecule has 0 saturated heterocycles. The number of hydrogen-bond acceptors (Lipinski definition) is 5. The summed E-state index contributed by atoms with van der Waals surface area (Å²) in [6.45, 7) is 8.01. The average molecular weight is 494 g/mol. The molecule has 0 bridgehead atoms. The molecule has 2 rings (SSSR count). The lowest BCUT2D eigenvalue weighted by atomic mass is 10.2. The molecule has 0 radical (unpaired) electrons. The summed E-state index contributed by atoms with van der Waals surface area (Å²) in [5.41, 5.74) is 0.965. The van der Waals surface area contributed by atoms with Crippen LogP contribution in [0.15, 0.2) is 33.8 Å². The number of hydrogen-bond donors (Lipinski definition) is 2. The first kappa shape index (κ1) is 22.7. The van der Waals surface area contributed by atoms with Crippen molar-refractivity contribution < 1.29 is 9.26 Å². The van der Waals surface area contributed by atoms with Gasteiger partial charge in [0, 0.05) is 18.2 Å². The van der Waals surface area contributed by atoms with E-state index in [9.17, 15) is 0 Å². The minimum atomic E-state index is -0.190. The van der Waals surface area contributed by atoms with Crippen LogP contribution in [0.1, 0.15) is 44.2 Å². The van der Waals surface area contributed by atoms with Crippen molar-refractivity contribution in [3.05, 3.63) is 46.6 Å². The Kier molecular flexibility index (Phi) is 10.5. The van der Waals surface area contributed by atoms with Gasteiger partial charge in [0.2, 0.25) is 5.89 Å². The second kappa shape index (κ2) is 12.1. The van der Waals surface area contributed by atoms with Gasteiger partial charge >= 0.3 is 0 Å². The number of nitrogens with one attached hydrogen (secondary N) is 2. The topological polar surface area (TPSA) is 84.6 Å². The Balaban J connectivity index is 0.00000338. The van der Waals surface area contributed by atoms with Gasteiger partial charge in [0.1, 0.15) is 6.10 Å². The zero-order chi connectivity index (χ0) is 18.1. The zero-order valence-electron chi connectivity index (χ0n) is 15.2. The smallest absolute Gasteiger partial charge is 0.246 e. The molecule has 7 nitrogen and oxygen atoms in total. The van der Waals surface area contributed by atoms with Gasteiger partial charge in [-0.1, -0.05) is 35.0 Å². The van der Waals surface area contributed by atoms with E-state index in [4.69, 9.17) is 20.9 Å². The van der Waals surface area contributed by atoms with E-state index < -0.39 is 0 Å². The molecule has 0 aliphatic carbocycles. The van der Waals surface area contributed by atoms with Crippen LogP contribution in [0.2, 0.25) is 5.02 Å². The Bertz CT molecular complexity index is 695. The predicted octanol–water partition coefficient (Wildman–Crippen LogP) is 3.69. The van der Waals surface area contributed by atoms with Crippen LogP contribution in [0.25, 0.3) is 0 Å². The van der Waals surface area contributed by atoms with Gasteiger partial charge in [-0.05, 0) is 32.4 Å². The lowest BCUT2D eigenvalue weighted by Gasteiger charge is -2.10. The van der Waals surface area contributed by atoms with Crippen molar-refractivity contribution in [1.82, 2.24) is 20.8 Å². The molecule has 144 valence electrons. The van der Waals surface area contributed by atoms with Crippen molar-refractivity contribution in [3.63, 3.8) is 0 Å². The van der Waals surface area contributed by atoms with Gasteiger partial charge in [-0.15, -0.1) is 24.0 Å². The molecule has 1 aromatic heterocycles. The maximum atomic E-state index is 6.16. The van der Waals surface area contributed by atoms with Gasteiger partial charge in [-0.2, -0.15) is 4.98 Å². The summed E-state index contributed by atoms with van der Waals surface area (Å²) >= 11 is 6.16. The lowest BCUT2D eigenvalue weighted by molar-refractivity contribution is 0.0683. The van der Waals surface area contributed by atoms with Crippen LogP contribution < -0.4 is 10.6 Å². The molecule has 0 saturated carbocycles. The highest BCUT2D eigenvalue weighted by atomic mass is 127. The molecular formula is C17H25ClIN5O2. The first-order valence-corrected chi connectivity index (χ1v) is 8.71. The summed E-state index contributed by atoms with van der Waals surface area (Å²) in [5.74, 6) is 1.67. The molecule has 1 atom stereocenters. The molecule has 0 amide bonds. The third-order valence-electron chi connectivity index (χ3n) is 3.38. The standard InChI is InChI=1S/C17H24ClN5O2.HI/c1-4-19-17(20-10-13-8-6-7-9-14(13)18)21-11-15-22-16(23-25-15)12(3)24-5-2;/h6-9,12H,4-5,10-11H2,1-3H3,(H2,19,20,21);1H. The predicted molar refractivity (Wildman–Crippen MR) is 113 cm³/mol. The van der Waals surface area contributed by atoms with Crippen LogP contribution in [0.3, 0.4) is 0 Å². The number of benzene rings is 1. The monoisotopic (exact) mass is 493 g/mol. The van der Waals surface area contributed by atoms with Gasteiger partial charge in [0.15, 0.2) is 11.8 Å². The van der Waals surface area contributed by atoms with Crippen molar-refractivity contribution in [2.24, 2.45) is 4.99 Å². The zero-order valence-corrected chi connectivity index (χ0v) is 18.2. The van der Waals surface area contributed by atoms with Gasteiger partial charge in [-0.3, -0.25) is 0 Å². The molecule has 0 spiro atoms. The molecule has 2 N–H and O–H groups in total. The van der Waals surface area contributed by atoms with Crippen LogP contribution in [-0.2, 0) is 17.8 Å². The van der Waals surface area contributed by atoms with E-state index in [1.54, 1.807) is 0 Å². The molecule has 2 aromatic rings. The minimum Gasteiger partial charge on any atom is -0.371 e. The van der Waals surface area contributed by atoms with Gasteiger partial charge in [-0.25, -0.2) is 4.99 Å². The molecule has 0 aliphatic rings. The van der Waals surface area contributed by atoms with E-state index in [0.29, 0.717) is 42.4 Å². The van der Waals surface area contributed by atoms with E-state index in [2.05, 4.69) is 25.8 Å². The van der Waals surface area contributed by atoms with E-state index in [0.717, 1.165) is 12.1 Å². The largest absolute Gasteiger partial charge is 0.371 e. The highest BCUT2D eigenvalue weighted by Gasteiger charge is 2.13. The van der Waals surface area contributed by atoms with Crippen LogP contribution in [0, 0.1) is 0 Å². The fourth-order valence-corrected chi connectivity index (χ4v) is 2.32. The van der Waals surface area contributed by atoms with Crippen LogP contribution in [-0.4, -0.2) is 29.3 Å². The SMILES string of the molecule is CCNC(=NCc1ccccc1Cl)NCc1nc(C(C)OCC)no1.I. The molecule has 1 aromatic carbocycles. The Morgan fingerprint density at radius 1 is 1.31 bits per heavy atom. The van der Waals surface area contributed by atoms with Gasteiger partial charge < -0.3 is 19.9 Å². The lowest BCUT2D eigenvalue weighted by Crippen LogP contribution is -2.36. The molecule has 26 heavy (non-hydrogen) atoms. The fraction of sp³-hybridized carbons (Fsp3) is 0.471. The molecule has 0 fully saturated rings. The average Bonchev–Trinajstić information content (AvgIpc) is 3.08. The summed E-state index contributed by atoms with van der Waals surface area (Å²) < 4.78 is 10.7. The Labute approximate surface area is 176 Å². The highest BCUT2D eigenvalue weighted by Crippen LogP contribution is 2.15. The van der Waals surface area contributed by atoms with E-state index in [-0.39, 0.29) is 30.1 Å². The maximum Gasteiger partial charge on any atom is 0.246 e. The van der Waals surface area contributed by atoms with Crippen LogP contribution in [0.4, 0.5) is 0 Å². The summed E-state index contributed by atoms with van der Waals surface area (Å²) in [6, 6.07) is 7.65. The number of guanidine groups is 1. The number of halogens is 2. The quantitative estimate of drug-likeness (QED) is 0.331. The van der Waals surface area contributed by atoms with E-state index in [1.165, 1.54) is 0 Å². The van der Waals surface area contributed by atoms with Crippen molar-refractivity contribution in [1.29, 1.82) is 0 Å². The summed E-state index contributed by atoms with van der Waals surface area (Å²) in [7, 11) is 0. The normalized spacial score (nSPS) is 12.4. The Hall–Kier alpha value is -1.39. The Morgan fingerprint density at radius 2 is 2.08 bits per heavy atom. The van der Waals surface area contributed by atoms with Crippen molar-refractivity contribution in [2.45, 2.75) is 40.0 Å². The van der Waals surface area contributed by atoms with Gasteiger partial charge in [0.05, 0.1) is 13.1 Å². The number of ether oxygens (including phenoxy) is 1. The van der Waals surface area contributed by atoms with Crippen molar-refractivity contribution >= 4 is 41.5 Å². The third-order valence-corrected chi connectivity index (χ3v) is 3.75. The number of rotatable bonds is 8. The molecule has 1 unspecified atom stereocenters. The van der Waals surface area contributed by atoms with Crippen LogP contribution in [0.5, 0.6) is 0 Å². The van der Waals surface area contributed by atoms with Gasteiger partial charge in [0.25, 0.3) is 0 Å². The maximum absolute atomic E-state index is 6.16. The minimum absolute atomic E-state index is 0. The summed E-state index contributed by atoms with van der Waals surface area (Å²) in [5, 5.41) is 11.0. The summed E-state index contributed by atoms with van der Waals surface area (Å²) in [4.78, 5) is 8.85.